The van der Waals surface area contributed by atoms with E-state index in [0.717, 1.165) is 39.0 Å². The number of likely N-dealkylation sites (N-methyl/N-ethyl adjacent to an activating group) is 1. The van der Waals surface area contributed by atoms with Gasteiger partial charge in [0, 0.05) is 39.3 Å². The lowest BCUT2D eigenvalue weighted by molar-refractivity contribution is -0.132. The van der Waals surface area contributed by atoms with Crippen molar-refractivity contribution in [3.8, 4) is 0 Å². The summed E-state index contributed by atoms with van der Waals surface area (Å²) in [5.74, 6) is 0.209. The van der Waals surface area contributed by atoms with Crippen LogP contribution in [-0.4, -0.2) is 75.2 Å². The van der Waals surface area contributed by atoms with E-state index in [4.69, 9.17) is 4.74 Å². The summed E-state index contributed by atoms with van der Waals surface area (Å²) in [7, 11) is 3.79. The summed E-state index contributed by atoms with van der Waals surface area (Å²) in [5, 5.41) is 3.30. The van der Waals surface area contributed by atoms with Gasteiger partial charge in [-0.25, -0.2) is 0 Å². The van der Waals surface area contributed by atoms with Crippen molar-refractivity contribution >= 4 is 5.91 Å². The van der Waals surface area contributed by atoms with Crippen LogP contribution in [0.2, 0.25) is 0 Å². The average Bonchev–Trinajstić information content (AvgIpc) is 2.37. The van der Waals surface area contributed by atoms with Gasteiger partial charge in [-0.15, -0.1) is 0 Å². The van der Waals surface area contributed by atoms with Gasteiger partial charge in [0.2, 0.25) is 5.91 Å². The smallest absolute Gasteiger partial charge is 0.236 e. The molecule has 0 aromatic rings. The van der Waals surface area contributed by atoms with Crippen LogP contribution in [0.4, 0.5) is 0 Å². The van der Waals surface area contributed by atoms with E-state index in [2.05, 4.69) is 24.2 Å². The maximum Gasteiger partial charge on any atom is 0.236 e. The molecule has 0 radical (unpaired) electrons. The van der Waals surface area contributed by atoms with Crippen LogP contribution in [0.3, 0.4) is 0 Å². The molecule has 5 heteroatoms. The van der Waals surface area contributed by atoms with Crippen LogP contribution in [0.25, 0.3) is 0 Å². The lowest BCUT2D eigenvalue weighted by atomic mass is 10.2. The second-order valence-electron chi connectivity index (χ2n) is 5.01. The Kier molecular flexibility index (Phi) is 7.23. The molecule has 1 N–H and O–H groups in total. The highest BCUT2D eigenvalue weighted by Gasteiger charge is 2.19. The highest BCUT2D eigenvalue weighted by Crippen LogP contribution is 2.01. The van der Waals surface area contributed by atoms with Gasteiger partial charge in [0.15, 0.2) is 0 Å². The Balaban J connectivity index is 2.26. The third kappa shape index (κ3) is 5.33. The van der Waals surface area contributed by atoms with E-state index in [1.165, 1.54) is 0 Å². The Morgan fingerprint density at radius 1 is 1.33 bits per heavy atom. The number of amides is 1. The molecule has 1 atom stereocenters. The number of rotatable bonds is 7. The zero-order valence-corrected chi connectivity index (χ0v) is 11.9. The molecule has 106 valence electrons. The number of carbonyl (C=O) groups is 1. The summed E-state index contributed by atoms with van der Waals surface area (Å²) in [6, 6.07) is 0.288. The number of ether oxygens (including phenoxy) is 1. The van der Waals surface area contributed by atoms with E-state index in [1.807, 2.05) is 4.90 Å². The first-order valence-electron chi connectivity index (χ1n) is 6.86. The van der Waals surface area contributed by atoms with Crippen molar-refractivity contribution in [1.29, 1.82) is 0 Å². The third-order valence-electron chi connectivity index (χ3n) is 3.40. The molecule has 0 aromatic carbocycles. The lowest BCUT2D eigenvalue weighted by Gasteiger charge is -2.32. The van der Waals surface area contributed by atoms with Crippen LogP contribution in [0.5, 0.6) is 0 Å². The molecule has 1 aliphatic heterocycles. The van der Waals surface area contributed by atoms with Crippen LogP contribution in [-0.2, 0) is 9.53 Å². The van der Waals surface area contributed by atoms with E-state index in [1.54, 1.807) is 7.11 Å². The number of carbonyl (C=O) groups excluding carboxylic acids is 1. The molecule has 1 rings (SSSR count). The van der Waals surface area contributed by atoms with E-state index >= 15 is 0 Å². The Morgan fingerprint density at radius 3 is 2.56 bits per heavy atom. The van der Waals surface area contributed by atoms with Gasteiger partial charge in [-0.1, -0.05) is 13.3 Å². The zero-order valence-electron chi connectivity index (χ0n) is 11.9. The number of hydrogen-bond donors (Lipinski definition) is 1. The second kappa shape index (κ2) is 8.45. The first-order chi connectivity index (χ1) is 8.67. The standard InChI is InChI=1S/C13H27N3O2/c1-4-5-12(11-18-3)14-10-13(17)16-8-6-15(2)7-9-16/h12,14H,4-11H2,1-3H3. The van der Waals surface area contributed by atoms with Crippen molar-refractivity contribution in [2.75, 3.05) is 53.5 Å². The van der Waals surface area contributed by atoms with Crippen molar-refractivity contribution in [3.05, 3.63) is 0 Å². The highest BCUT2D eigenvalue weighted by molar-refractivity contribution is 5.78. The Hall–Kier alpha value is -0.650. The molecule has 5 nitrogen and oxygen atoms in total. The number of piperazine rings is 1. The molecule has 1 saturated heterocycles. The van der Waals surface area contributed by atoms with E-state index in [0.29, 0.717) is 13.2 Å². The summed E-state index contributed by atoms with van der Waals surface area (Å²) < 4.78 is 5.15. The largest absolute Gasteiger partial charge is 0.383 e. The van der Waals surface area contributed by atoms with Crippen LogP contribution >= 0.6 is 0 Å². The van der Waals surface area contributed by atoms with Gasteiger partial charge in [-0.3, -0.25) is 4.79 Å². The highest BCUT2D eigenvalue weighted by atomic mass is 16.5. The van der Waals surface area contributed by atoms with E-state index < -0.39 is 0 Å². The molecule has 0 saturated carbocycles. The zero-order chi connectivity index (χ0) is 13.4. The molecular formula is C13H27N3O2. The molecule has 0 aliphatic carbocycles. The van der Waals surface area contributed by atoms with Crippen LogP contribution < -0.4 is 5.32 Å². The Labute approximate surface area is 110 Å². The summed E-state index contributed by atoms with van der Waals surface area (Å²) in [6.07, 6.45) is 2.15. The first-order valence-corrected chi connectivity index (χ1v) is 6.86. The number of methoxy groups -OCH3 is 1. The first kappa shape index (κ1) is 15.4. The fraction of sp³-hybridized carbons (Fsp3) is 0.923. The quantitative estimate of drug-likeness (QED) is 0.706. The normalized spacial score (nSPS) is 18.9. The van der Waals surface area contributed by atoms with Crippen LogP contribution in [0.1, 0.15) is 19.8 Å². The fourth-order valence-electron chi connectivity index (χ4n) is 2.19. The molecule has 0 bridgehead atoms. The van der Waals surface area contributed by atoms with Crippen molar-refractivity contribution < 1.29 is 9.53 Å². The summed E-state index contributed by atoms with van der Waals surface area (Å²) in [5.41, 5.74) is 0. The maximum atomic E-state index is 12.0. The molecule has 18 heavy (non-hydrogen) atoms. The molecule has 0 aromatic heterocycles. The molecule has 0 spiro atoms. The minimum atomic E-state index is 0.209. The topological polar surface area (TPSA) is 44.8 Å². The summed E-state index contributed by atoms with van der Waals surface area (Å²) in [6.45, 7) is 6.89. The monoisotopic (exact) mass is 257 g/mol. The van der Waals surface area contributed by atoms with E-state index in [9.17, 15) is 4.79 Å². The summed E-state index contributed by atoms with van der Waals surface area (Å²) in [4.78, 5) is 16.2. The van der Waals surface area contributed by atoms with Crippen LogP contribution in [0.15, 0.2) is 0 Å². The van der Waals surface area contributed by atoms with Crippen molar-refractivity contribution in [2.45, 2.75) is 25.8 Å². The minimum Gasteiger partial charge on any atom is -0.383 e. The van der Waals surface area contributed by atoms with Crippen molar-refractivity contribution in [3.63, 3.8) is 0 Å². The molecule has 1 fully saturated rings. The van der Waals surface area contributed by atoms with Gasteiger partial charge < -0.3 is 19.9 Å². The Bertz CT molecular complexity index is 234. The van der Waals surface area contributed by atoms with Gasteiger partial charge in [0.1, 0.15) is 0 Å². The number of hydrogen-bond acceptors (Lipinski definition) is 4. The second-order valence-corrected chi connectivity index (χ2v) is 5.01. The molecular weight excluding hydrogens is 230 g/mol. The van der Waals surface area contributed by atoms with Gasteiger partial charge in [-0.2, -0.15) is 0 Å². The molecule has 1 unspecified atom stereocenters. The number of nitrogens with one attached hydrogen (secondary N) is 1. The Morgan fingerprint density at radius 2 is 2.00 bits per heavy atom. The van der Waals surface area contributed by atoms with Gasteiger partial charge in [0.25, 0.3) is 0 Å². The molecule has 1 amide bonds. The predicted molar refractivity (Wildman–Crippen MR) is 72.7 cm³/mol. The predicted octanol–water partition coefficient (Wildman–Crippen LogP) is 0.165. The maximum absolute atomic E-state index is 12.0. The van der Waals surface area contributed by atoms with E-state index in [-0.39, 0.29) is 11.9 Å². The minimum absolute atomic E-state index is 0.209. The average molecular weight is 257 g/mol. The lowest BCUT2D eigenvalue weighted by Crippen LogP contribution is -2.50. The molecule has 1 heterocycles. The van der Waals surface area contributed by atoms with Crippen molar-refractivity contribution in [1.82, 2.24) is 15.1 Å². The molecule has 1 aliphatic rings. The number of nitrogens with zero attached hydrogens (tertiary/aromatic N) is 2. The van der Waals surface area contributed by atoms with Crippen LogP contribution in [0, 0.1) is 0 Å². The fourth-order valence-corrected chi connectivity index (χ4v) is 2.19. The van der Waals surface area contributed by atoms with Gasteiger partial charge in [0.05, 0.1) is 13.2 Å². The summed E-state index contributed by atoms with van der Waals surface area (Å²) >= 11 is 0. The SMILES string of the molecule is CCCC(COC)NCC(=O)N1CCN(C)CC1. The van der Waals surface area contributed by atoms with Gasteiger partial charge in [-0.05, 0) is 13.5 Å². The third-order valence-corrected chi connectivity index (χ3v) is 3.40. The van der Waals surface area contributed by atoms with Gasteiger partial charge >= 0.3 is 0 Å². The van der Waals surface area contributed by atoms with Crippen molar-refractivity contribution in [2.24, 2.45) is 0 Å².